The lowest BCUT2D eigenvalue weighted by molar-refractivity contribution is -0.0218. The van der Waals surface area contributed by atoms with E-state index in [0.717, 1.165) is 13.1 Å². The predicted octanol–water partition coefficient (Wildman–Crippen LogP) is 2.52. The van der Waals surface area contributed by atoms with Crippen LogP contribution in [0.15, 0.2) is 0 Å². The summed E-state index contributed by atoms with van der Waals surface area (Å²) in [6, 6.07) is 0. The van der Waals surface area contributed by atoms with Crippen molar-refractivity contribution in [1.29, 1.82) is 0 Å². The van der Waals surface area contributed by atoms with Gasteiger partial charge in [0, 0.05) is 26.2 Å². The second-order valence-electron chi connectivity index (χ2n) is 5.81. The molecule has 0 saturated carbocycles. The Morgan fingerprint density at radius 3 is 2.32 bits per heavy atom. The Hall–Kier alpha value is -1.09. The number of ether oxygens (including phenoxy) is 2. The maximum atomic E-state index is 11.7. The van der Waals surface area contributed by atoms with Crippen LogP contribution >= 0.6 is 34.8 Å². The molecular weight excluding hydrogens is 393 g/mol. The first-order chi connectivity index (χ1) is 11.6. The Labute approximate surface area is 161 Å². The average Bonchev–Trinajstić information content (AvgIpc) is 2.54. The van der Waals surface area contributed by atoms with Crippen molar-refractivity contribution in [3.8, 4) is 0 Å². The van der Waals surface area contributed by atoms with Crippen molar-refractivity contribution < 1.29 is 14.3 Å². The summed E-state index contributed by atoms with van der Waals surface area (Å²) in [5.41, 5.74) is -1.19. The molecule has 1 N–H and O–H groups in total. The minimum absolute atomic E-state index is 0.0310. The molecule has 1 fully saturated rings. The zero-order valence-corrected chi connectivity index (χ0v) is 16.5. The van der Waals surface area contributed by atoms with Crippen LogP contribution < -0.4 is 10.2 Å². The summed E-state index contributed by atoms with van der Waals surface area (Å²) >= 11 is 17.9. The molecule has 1 aliphatic heterocycles. The number of alkyl halides is 3. The first-order valence-electron chi connectivity index (χ1n) is 7.78. The highest BCUT2D eigenvalue weighted by Crippen LogP contribution is 2.37. The Morgan fingerprint density at radius 1 is 1.16 bits per heavy atom. The first kappa shape index (κ1) is 20.2. The van der Waals surface area contributed by atoms with E-state index < -0.39 is 15.5 Å². The summed E-state index contributed by atoms with van der Waals surface area (Å²) in [4.78, 5) is 26.5. The lowest BCUT2D eigenvalue weighted by Crippen LogP contribution is -2.45. The van der Waals surface area contributed by atoms with Crippen LogP contribution in [0.5, 0.6) is 0 Å². The van der Waals surface area contributed by atoms with Gasteiger partial charge in [-0.2, -0.15) is 9.97 Å². The molecule has 1 saturated heterocycles. The number of hydrogen-bond acceptors (Lipinski definition) is 8. The van der Waals surface area contributed by atoms with E-state index in [-0.39, 0.29) is 18.3 Å². The van der Waals surface area contributed by atoms with Gasteiger partial charge in [0.25, 0.3) is 0 Å². The van der Waals surface area contributed by atoms with Crippen LogP contribution in [0.1, 0.15) is 32.4 Å². The van der Waals surface area contributed by atoms with Crippen LogP contribution in [-0.4, -0.2) is 53.9 Å². The SMILES string of the molecule is CCOC(=O)OC(C)(C)c1nc(N2CCNCC2)nc(C(Cl)(Cl)Cl)n1. The summed E-state index contributed by atoms with van der Waals surface area (Å²) in [7, 11) is 0. The molecule has 1 aromatic rings. The fourth-order valence-electron chi connectivity index (χ4n) is 2.17. The Bertz CT molecular complexity index is 618. The van der Waals surface area contributed by atoms with E-state index in [9.17, 15) is 4.79 Å². The van der Waals surface area contributed by atoms with Gasteiger partial charge >= 0.3 is 6.16 Å². The monoisotopic (exact) mass is 411 g/mol. The molecular formula is C14H20Cl3N5O3. The minimum Gasteiger partial charge on any atom is -0.435 e. The van der Waals surface area contributed by atoms with Gasteiger partial charge in [-0.3, -0.25) is 0 Å². The normalized spacial score (nSPS) is 15.8. The van der Waals surface area contributed by atoms with Crippen molar-refractivity contribution >= 4 is 46.9 Å². The van der Waals surface area contributed by atoms with Crippen LogP contribution in [0.3, 0.4) is 0 Å². The number of nitrogens with zero attached hydrogens (tertiary/aromatic N) is 4. The van der Waals surface area contributed by atoms with Crippen LogP contribution in [0.25, 0.3) is 0 Å². The van der Waals surface area contributed by atoms with Gasteiger partial charge in [0.1, 0.15) is 0 Å². The number of carbonyl (C=O) groups is 1. The topological polar surface area (TPSA) is 89.5 Å². The minimum atomic E-state index is -1.83. The first-order valence-corrected chi connectivity index (χ1v) is 8.92. The third-order valence-electron chi connectivity index (χ3n) is 3.42. The van der Waals surface area contributed by atoms with Gasteiger partial charge in [0.2, 0.25) is 9.74 Å². The molecule has 0 unspecified atom stereocenters. The summed E-state index contributed by atoms with van der Waals surface area (Å²) in [5.74, 6) is 0.510. The van der Waals surface area contributed by atoms with E-state index in [2.05, 4.69) is 20.3 Å². The van der Waals surface area contributed by atoms with Crippen LogP contribution in [0, 0.1) is 0 Å². The molecule has 0 amide bonds. The number of rotatable bonds is 4. The molecule has 25 heavy (non-hydrogen) atoms. The number of carbonyl (C=O) groups excluding carboxylic acids is 1. The lowest BCUT2D eigenvalue weighted by atomic mass is 10.1. The fourth-order valence-corrected chi connectivity index (χ4v) is 2.42. The van der Waals surface area contributed by atoms with Crippen molar-refractivity contribution in [2.45, 2.75) is 30.2 Å². The van der Waals surface area contributed by atoms with E-state index >= 15 is 0 Å². The van der Waals surface area contributed by atoms with Gasteiger partial charge in [0.05, 0.1) is 6.61 Å². The molecule has 0 radical (unpaired) electrons. The standard InChI is InChI=1S/C14H20Cl3N5O3/c1-4-24-12(23)25-13(2,3)9-19-10(14(15,16)17)21-11(20-9)22-7-5-18-6-8-22/h18H,4-8H2,1-3H3. The predicted molar refractivity (Wildman–Crippen MR) is 95.3 cm³/mol. The average molecular weight is 413 g/mol. The van der Waals surface area contributed by atoms with Gasteiger partial charge in [-0.1, -0.05) is 34.8 Å². The molecule has 0 atom stereocenters. The summed E-state index contributed by atoms with van der Waals surface area (Å²) in [6.45, 7) is 8.09. The number of anilines is 1. The fraction of sp³-hybridized carbons (Fsp3) is 0.714. The zero-order chi connectivity index (χ0) is 18.7. The smallest absolute Gasteiger partial charge is 0.435 e. The largest absolute Gasteiger partial charge is 0.509 e. The maximum absolute atomic E-state index is 11.7. The molecule has 0 bridgehead atoms. The number of halogens is 3. The molecule has 1 aliphatic rings. The molecule has 140 valence electrons. The van der Waals surface area contributed by atoms with Gasteiger partial charge in [-0.15, -0.1) is 0 Å². The number of aromatic nitrogens is 3. The van der Waals surface area contributed by atoms with Crippen LogP contribution in [-0.2, 0) is 18.9 Å². The van der Waals surface area contributed by atoms with Crippen molar-refractivity contribution in [2.75, 3.05) is 37.7 Å². The van der Waals surface area contributed by atoms with Gasteiger partial charge in [0.15, 0.2) is 17.2 Å². The molecule has 0 spiro atoms. The van der Waals surface area contributed by atoms with Gasteiger partial charge in [-0.25, -0.2) is 9.78 Å². The van der Waals surface area contributed by atoms with Gasteiger partial charge < -0.3 is 19.7 Å². The molecule has 11 heteroatoms. The van der Waals surface area contributed by atoms with Crippen molar-refractivity contribution in [2.24, 2.45) is 0 Å². The van der Waals surface area contributed by atoms with Gasteiger partial charge in [-0.05, 0) is 20.8 Å². The number of piperazine rings is 1. The quantitative estimate of drug-likeness (QED) is 0.596. The Kier molecular flexibility index (Phi) is 6.53. The molecule has 2 heterocycles. The van der Waals surface area contributed by atoms with Crippen molar-refractivity contribution in [1.82, 2.24) is 20.3 Å². The second-order valence-corrected chi connectivity index (χ2v) is 8.09. The van der Waals surface area contributed by atoms with E-state index in [1.54, 1.807) is 20.8 Å². The molecule has 8 nitrogen and oxygen atoms in total. The Morgan fingerprint density at radius 2 is 1.76 bits per heavy atom. The maximum Gasteiger partial charge on any atom is 0.509 e. The summed E-state index contributed by atoms with van der Waals surface area (Å²) in [6.07, 6.45) is -0.827. The van der Waals surface area contributed by atoms with E-state index in [1.807, 2.05) is 4.90 Å². The Balaban J connectivity index is 2.40. The zero-order valence-electron chi connectivity index (χ0n) is 14.2. The summed E-state index contributed by atoms with van der Waals surface area (Å²) < 4.78 is 8.28. The van der Waals surface area contributed by atoms with Crippen LogP contribution in [0.4, 0.5) is 10.7 Å². The van der Waals surface area contributed by atoms with Crippen molar-refractivity contribution in [3.63, 3.8) is 0 Å². The van der Waals surface area contributed by atoms with E-state index in [1.165, 1.54) is 0 Å². The highest BCUT2D eigenvalue weighted by Gasteiger charge is 2.35. The molecule has 1 aromatic heterocycles. The molecule has 0 aromatic carbocycles. The van der Waals surface area contributed by atoms with Crippen molar-refractivity contribution in [3.05, 3.63) is 11.6 Å². The van der Waals surface area contributed by atoms with Crippen LogP contribution in [0.2, 0.25) is 0 Å². The highest BCUT2D eigenvalue weighted by molar-refractivity contribution is 6.66. The summed E-state index contributed by atoms with van der Waals surface area (Å²) in [5, 5.41) is 3.24. The van der Waals surface area contributed by atoms with E-state index in [0.29, 0.717) is 19.0 Å². The van der Waals surface area contributed by atoms with E-state index in [4.69, 9.17) is 44.3 Å². The number of hydrogen-bond donors (Lipinski definition) is 1. The highest BCUT2D eigenvalue weighted by atomic mass is 35.6. The number of nitrogens with one attached hydrogen (secondary N) is 1. The third kappa shape index (κ3) is 5.44. The molecule has 0 aliphatic carbocycles. The third-order valence-corrected chi connectivity index (χ3v) is 3.92. The lowest BCUT2D eigenvalue weighted by Gasteiger charge is -2.30. The molecule has 2 rings (SSSR count). The second kappa shape index (κ2) is 8.07.